The molecule has 2 aliphatic rings. The summed E-state index contributed by atoms with van der Waals surface area (Å²) in [4.78, 5) is 5.34. The highest BCUT2D eigenvalue weighted by Gasteiger charge is 2.26. The van der Waals surface area contributed by atoms with Gasteiger partial charge >= 0.3 is 0 Å². The topological polar surface area (TPSA) is 6.48 Å². The molecule has 0 bridgehead atoms. The summed E-state index contributed by atoms with van der Waals surface area (Å²) >= 11 is 0. The average Bonchev–Trinajstić information content (AvgIpc) is 2.55. The van der Waals surface area contributed by atoms with Gasteiger partial charge in [-0.25, -0.2) is 0 Å². The molecule has 0 aliphatic heterocycles. The van der Waals surface area contributed by atoms with Crippen molar-refractivity contribution in [1.82, 2.24) is 9.80 Å². The molecule has 21 heavy (non-hydrogen) atoms. The van der Waals surface area contributed by atoms with Gasteiger partial charge in [0, 0.05) is 25.2 Å². The summed E-state index contributed by atoms with van der Waals surface area (Å²) in [5, 5.41) is 0. The molecule has 0 aromatic heterocycles. The van der Waals surface area contributed by atoms with E-state index in [2.05, 4.69) is 35.1 Å². The largest absolute Gasteiger partial charge is 0.284 e. The quantitative estimate of drug-likeness (QED) is 0.477. The van der Waals surface area contributed by atoms with E-state index < -0.39 is 0 Å². The minimum atomic E-state index is 0.771. The normalized spacial score (nSPS) is 21.8. The Morgan fingerprint density at radius 3 is 1.38 bits per heavy atom. The van der Waals surface area contributed by atoms with Gasteiger partial charge in [-0.2, -0.15) is 0 Å². The second-order valence-electron chi connectivity index (χ2n) is 6.85. The summed E-state index contributed by atoms with van der Waals surface area (Å²) in [6.07, 6.45) is 18.2. The van der Waals surface area contributed by atoms with Crippen LogP contribution in [0.15, 0.2) is 25.3 Å². The van der Waals surface area contributed by atoms with Gasteiger partial charge in [0.1, 0.15) is 0 Å². The van der Waals surface area contributed by atoms with Crippen molar-refractivity contribution in [3.63, 3.8) is 0 Å². The molecule has 0 spiro atoms. The number of hydrogen-bond donors (Lipinski definition) is 0. The first kappa shape index (κ1) is 16.8. The van der Waals surface area contributed by atoms with E-state index in [1.165, 1.54) is 64.2 Å². The summed E-state index contributed by atoms with van der Waals surface area (Å²) in [6.45, 7) is 11.1. The van der Waals surface area contributed by atoms with E-state index in [9.17, 15) is 0 Å². The van der Waals surface area contributed by atoms with Crippen molar-refractivity contribution < 1.29 is 0 Å². The van der Waals surface area contributed by atoms with E-state index in [0.29, 0.717) is 0 Å². The maximum atomic E-state index is 3.98. The van der Waals surface area contributed by atoms with Gasteiger partial charge < -0.3 is 0 Å². The van der Waals surface area contributed by atoms with E-state index >= 15 is 0 Å². The van der Waals surface area contributed by atoms with E-state index in [1.807, 2.05) is 0 Å². The van der Waals surface area contributed by atoms with E-state index in [0.717, 1.165) is 31.8 Å². The molecule has 2 nitrogen and oxygen atoms in total. The summed E-state index contributed by atoms with van der Waals surface area (Å²) in [5.74, 6) is 0. The van der Waals surface area contributed by atoms with Crippen LogP contribution in [-0.4, -0.2) is 41.6 Å². The van der Waals surface area contributed by atoms with Crippen LogP contribution < -0.4 is 0 Å². The Kier molecular flexibility index (Phi) is 7.52. The van der Waals surface area contributed by atoms with E-state index in [-0.39, 0.29) is 0 Å². The average molecular weight is 290 g/mol. The first-order valence-electron chi connectivity index (χ1n) is 9.05. The van der Waals surface area contributed by atoms with Gasteiger partial charge in [0.05, 0.1) is 6.67 Å². The van der Waals surface area contributed by atoms with Crippen LogP contribution in [0, 0.1) is 0 Å². The minimum absolute atomic E-state index is 0.771. The predicted molar refractivity (Wildman–Crippen MR) is 92.4 cm³/mol. The van der Waals surface area contributed by atoms with Crippen LogP contribution in [0.4, 0.5) is 0 Å². The Labute approximate surface area is 131 Å². The van der Waals surface area contributed by atoms with Crippen LogP contribution in [0.2, 0.25) is 0 Å². The lowest BCUT2D eigenvalue weighted by atomic mass is 9.93. The van der Waals surface area contributed by atoms with Gasteiger partial charge in [0.15, 0.2) is 0 Å². The van der Waals surface area contributed by atoms with Gasteiger partial charge in [-0.05, 0) is 25.7 Å². The molecule has 2 heteroatoms. The lowest BCUT2D eigenvalue weighted by Crippen LogP contribution is -2.48. The van der Waals surface area contributed by atoms with Crippen molar-refractivity contribution in [3.8, 4) is 0 Å². The number of nitrogens with zero attached hydrogens (tertiary/aromatic N) is 2. The maximum absolute atomic E-state index is 3.98. The predicted octanol–water partition coefficient (Wildman–Crippen LogP) is 4.59. The first-order chi connectivity index (χ1) is 10.3. The van der Waals surface area contributed by atoms with Crippen molar-refractivity contribution in [2.45, 2.75) is 76.3 Å². The van der Waals surface area contributed by atoms with Crippen molar-refractivity contribution in [1.29, 1.82) is 0 Å². The van der Waals surface area contributed by atoms with Crippen LogP contribution in [0.1, 0.15) is 64.2 Å². The van der Waals surface area contributed by atoms with Crippen LogP contribution in [-0.2, 0) is 0 Å². The fourth-order valence-electron chi connectivity index (χ4n) is 4.10. The molecule has 0 aromatic rings. The molecule has 2 rings (SSSR count). The Bertz CT molecular complexity index is 271. The van der Waals surface area contributed by atoms with Gasteiger partial charge in [0.2, 0.25) is 0 Å². The molecule has 2 fully saturated rings. The molecule has 0 saturated heterocycles. The molecule has 0 atom stereocenters. The summed E-state index contributed by atoms with van der Waals surface area (Å²) in [5.41, 5.74) is 0. The third-order valence-electron chi connectivity index (χ3n) is 5.27. The third-order valence-corrected chi connectivity index (χ3v) is 5.27. The standard InChI is InChI=1S/C19H34N2/c1-3-15-20(18-11-7-5-8-12-18)17-21(16-4-2)19-13-9-6-10-14-19/h3-4,18-19H,1-2,5-17H2. The summed E-state index contributed by atoms with van der Waals surface area (Å²) in [6, 6.07) is 1.54. The Morgan fingerprint density at radius 1 is 0.667 bits per heavy atom. The minimum Gasteiger partial charge on any atom is -0.284 e. The smallest absolute Gasteiger partial charge is 0.0517 e. The number of hydrogen-bond acceptors (Lipinski definition) is 2. The number of rotatable bonds is 8. The molecule has 2 aliphatic carbocycles. The molecular formula is C19H34N2. The Balaban J connectivity index is 1.95. The van der Waals surface area contributed by atoms with Crippen LogP contribution >= 0.6 is 0 Å². The maximum Gasteiger partial charge on any atom is 0.0517 e. The highest BCUT2D eigenvalue weighted by molar-refractivity contribution is 4.86. The highest BCUT2D eigenvalue weighted by Crippen LogP contribution is 2.26. The zero-order chi connectivity index (χ0) is 14.9. The van der Waals surface area contributed by atoms with Gasteiger partial charge in [-0.1, -0.05) is 50.7 Å². The summed E-state index contributed by atoms with van der Waals surface area (Å²) in [7, 11) is 0. The van der Waals surface area contributed by atoms with Crippen LogP contribution in [0.25, 0.3) is 0 Å². The lowest BCUT2D eigenvalue weighted by molar-refractivity contribution is 0.0539. The Hall–Kier alpha value is -0.600. The van der Waals surface area contributed by atoms with E-state index in [1.54, 1.807) is 0 Å². The SMILES string of the molecule is C=CCN(CN(CC=C)C1CCCCC1)C1CCCCC1. The molecule has 0 radical (unpaired) electrons. The van der Waals surface area contributed by atoms with Crippen molar-refractivity contribution in [2.75, 3.05) is 19.8 Å². The molecular weight excluding hydrogens is 256 g/mol. The fourth-order valence-corrected chi connectivity index (χ4v) is 4.10. The zero-order valence-electron chi connectivity index (χ0n) is 13.8. The zero-order valence-corrected chi connectivity index (χ0v) is 13.8. The van der Waals surface area contributed by atoms with Crippen molar-refractivity contribution >= 4 is 0 Å². The fraction of sp³-hybridized carbons (Fsp3) is 0.789. The van der Waals surface area contributed by atoms with Crippen LogP contribution in [0.3, 0.4) is 0 Å². The van der Waals surface area contributed by atoms with E-state index in [4.69, 9.17) is 0 Å². The van der Waals surface area contributed by atoms with Gasteiger partial charge in [0.25, 0.3) is 0 Å². The van der Waals surface area contributed by atoms with Gasteiger partial charge in [-0.15, -0.1) is 13.2 Å². The van der Waals surface area contributed by atoms with Gasteiger partial charge in [-0.3, -0.25) is 9.80 Å². The monoisotopic (exact) mass is 290 g/mol. The molecule has 2 saturated carbocycles. The first-order valence-corrected chi connectivity index (χ1v) is 9.05. The summed E-state index contributed by atoms with van der Waals surface area (Å²) < 4.78 is 0. The second-order valence-corrected chi connectivity index (χ2v) is 6.85. The lowest BCUT2D eigenvalue weighted by Gasteiger charge is -2.41. The van der Waals surface area contributed by atoms with Crippen LogP contribution in [0.5, 0.6) is 0 Å². The highest BCUT2D eigenvalue weighted by atomic mass is 15.3. The molecule has 0 aromatic carbocycles. The molecule has 0 unspecified atom stereocenters. The molecule has 0 N–H and O–H groups in total. The Morgan fingerprint density at radius 2 is 1.05 bits per heavy atom. The molecule has 120 valence electrons. The second kappa shape index (κ2) is 9.42. The van der Waals surface area contributed by atoms with Crippen molar-refractivity contribution in [2.24, 2.45) is 0 Å². The molecule has 0 amide bonds. The third kappa shape index (κ3) is 5.27. The van der Waals surface area contributed by atoms with Crippen molar-refractivity contribution in [3.05, 3.63) is 25.3 Å². The molecule has 0 heterocycles.